The zero-order chi connectivity index (χ0) is 28.0. The number of fused-ring (bicyclic) bond motifs is 6. The topological polar surface area (TPSA) is 113 Å². The lowest BCUT2D eigenvalue weighted by atomic mass is 9.75. The van der Waals surface area contributed by atoms with E-state index >= 15 is 0 Å². The Morgan fingerprint density at radius 1 is 0.951 bits per heavy atom. The van der Waals surface area contributed by atoms with Gasteiger partial charge in [0.2, 0.25) is 17.7 Å². The van der Waals surface area contributed by atoms with Gasteiger partial charge in [-0.1, -0.05) is 35.9 Å². The Labute approximate surface area is 235 Å². The Bertz CT molecular complexity index is 1810. The molecule has 0 bridgehead atoms. The van der Waals surface area contributed by atoms with Gasteiger partial charge in [0, 0.05) is 40.5 Å². The first-order chi connectivity index (χ1) is 19.9. The van der Waals surface area contributed by atoms with Crippen molar-refractivity contribution in [2.24, 2.45) is 11.8 Å². The van der Waals surface area contributed by atoms with Gasteiger partial charge in [-0.15, -0.1) is 0 Å². The Kier molecular flexibility index (Phi) is 4.98. The summed E-state index contributed by atoms with van der Waals surface area (Å²) in [6.45, 7) is 4.75. The number of hydrogen-bond donors (Lipinski definition) is 3. The molecule has 0 aliphatic carbocycles. The number of benzene rings is 3. The first kappa shape index (κ1) is 24.2. The SMILES string of the molecule is Cc1cc(C)c2c(c1)C1(NC(Cc3c[nH]c4ccccc34)C3C(=O)N(c4ccc5c(c4)OCCO5)C(=O)C31)C(=O)N2. The number of anilines is 2. The van der Waals surface area contributed by atoms with Crippen LogP contribution in [0.15, 0.2) is 60.8 Å². The number of imide groups is 1. The lowest BCUT2D eigenvalue weighted by Gasteiger charge is -2.30. The summed E-state index contributed by atoms with van der Waals surface area (Å²) in [5, 5.41) is 7.68. The summed E-state index contributed by atoms with van der Waals surface area (Å²) in [5.41, 5.74) is 4.39. The van der Waals surface area contributed by atoms with Crippen LogP contribution in [-0.2, 0) is 26.3 Å². The molecule has 8 rings (SSSR count). The molecule has 5 heterocycles. The fraction of sp³-hybridized carbons (Fsp3) is 0.281. The Morgan fingerprint density at radius 2 is 1.76 bits per heavy atom. The van der Waals surface area contributed by atoms with Gasteiger partial charge in [0.05, 0.1) is 17.5 Å². The van der Waals surface area contributed by atoms with Gasteiger partial charge in [-0.25, -0.2) is 4.90 Å². The molecule has 4 atom stereocenters. The molecule has 206 valence electrons. The van der Waals surface area contributed by atoms with Gasteiger partial charge in [-0.3, -0.25) is 19.7 Å². The van der Waals surface area contributed by atoms with Crippen LogP contribution in [0.5, 0.6) is 11.5 Å². The molecule has 41 heavy (non-hydrogen) atoms. The highest BCUT2D eigenvalue weighted by Crippen LogP contribution is 2.55. The van der Waals surface area contributed by atoms with Crippen LogP contribution in [0, 0.1) is 25.7 Å². The molecule has 9 heteroatoms. The quantitative estimate of drug-likeness (QED) is 0.337. The maximum absolute atomic E-state index is 14.4. The molecular formula is C32H28N4O5. The molecule has 0 radical (unpaired) electrons. The first-order valence-corrected chi connectivity index (χ1v) is 13.9. The van der Waals surface area contributed by atoms with E-state index in [0.29, 0.717) is 42.5 Å². The number of para-hydroxylation sites is 1. The van der Waals surface area contributed by atoms with Crippen LogP contribution in [0.3, 0.4) is 0 Å². The second-order valence-electron chi connectivity index (χ2n) is 11.4. The van der Waals surface area contributed by atoms with Crippen molar-refractivity contribution in [3.8, 4) is 11.5 Å². The van der Waals surface area contributed by atoms with Gasteiger partial charge in [0.1, 0.15) is 18.8 Å². The van der Waals surface area contributed by atoms with Crippen LogP contribution in [0.4, 0.5) is 11.4 Å². The third kappa shape index (κ3) is 3.23. The molecular weight excluding hydrogens is 520 g/mol. The fourth-order valence-electron chi connectivity index (χ4n) is 7.40. The highest BCUT2D eigenvalue weighted by atomic mass is 16.6. The number of carbonyl (C=O) groups excluding carboxylic acids is 3. The molecule has 9 nitrogen and oxygen atoms in total. The molecule has 4 aliphatic rings. The predicted octanol–water partition coefficient (Wildman–Crippen LogP) is 3.72. The monoisotopic (exact) mass is 548 g/mol. The number of aryl methyl sites for hydroxylation is 2. The lowest BCUT2D eigenvalue weighted by Crippen LogP contribution is -2.53. The van der Waals surface area contributed by atoms with E-state index in [1.54, 1.807) is 18.2 Å². The molecule has 1 spiro atoms. The molecule has 3 amide bonds. The summed E-state index contributed by atoms with van der Waals surface area (Å²) in [6.07, 6.45) is 2.41. The van der Waals surface area contributed by atoms with Crippen LogP contribution in [0.25, 0.3) is 10.9 Å². The molecule has 2 saturated heterocycles. The van der Waals surface area contributed by atoms with E-state index in [2.05, 4.69) is 15.6 Å². The summed E-state index contributed by atoms with van der Waals surface area (Å²) >= 11 is 0. The van der Waals surface area contributed by atoms with Crippen molar-refractivity contribution in [2.75, 3.05) is 23.4 Å². The largest absolute Gasteiger partial charge is 0.486 e. The number of nitrogens with zero attached hydrogens (tertiary/aromatic N) is 1. The van der Waals surface area contributed by atoms with E-state index in [0.717, 1.165) is 33.2 Å². The molecule has 3 N–H and O–H groups in total. The van der Waals surface area contributed by atoms with E-state index in [1.165, 1.54) is 4.90 Å². The predicted molar refractivity (Wildman–Crippen MR) is 152 cm³/mol. The van der Waals surface area contributed by atoms with Crippen LogP contribution in [0.1, 0.15) is 22.3 Å². The number of nitrogens with one attached hydrogen (secondary N) is 3. The van der Waals surface area contributed by atoms with Crippen molar-refractivity contribution in [1.82, 2.24) is 10.3 Å². The van der Waals surface area contributed by atoms with Crippen molar-refractivity contribution in [1.29, 1.82) is 0 Å². The standard InChI is InChI=1S/C32H28N4O5/c1-16-11-17(2)28-21(12-16)32(31(39)34-28)27-26(23(35-32)13-18-15-33-22-6-4-3-5-20(18)22)29(37)36(30(27)38)19-7-8-24-25(14-19)41-10-9-40-24/h3-8,11-12,14-15,23,26-27,33,35H,9-10,13H2,1-2H3,(H,34,39). The minimum absolute atomic E-state index is 0.303. The van der Waals surface area contributed by atoms with Crippen molar-refractivity contribution < 1.29 is 23.9 Å². The Hall–Kier alpha value is -4.63. The third-order valence-corrected chi connectivity index (χ3v) is 9.06. The average molecular weight is 549 g/mol. The van der Waals surface area contributed by atoms with E-state index in [9.17, 15) is 14.4 Å². The van der Waals surface area contributed by atoms with Crippen molar-refractivity contribution in [2.45, 2.75) is 31.8 Å². The number of aromatic nitrogens is 1. The van der Waals surface area contributed by atoms with Crippen LogP contribution >= 0.6 is 0 Å². The second kappa shape index (κ2) is 8.44. The zero-order valence-electron chi connectivity index (χ0n) is 22.6. The molecule has 4 unspecified atom stereocenters. The maximum atomic E-state index is 14.4. The first-order valence-electron chi connectivity index (χ1n) is 13.9. The van der Waals surface area contributed by atoms with Gasteiger partial charge in [0.15, 0.2) is 11.5 Å². The fourth-order valence-corrected chi connectivity index (χ4v) is 7.40. The summed E-state index contributed by atoms with van der Waals surface area (Å²) in [7, 11) is 0. The van der Waals surface area contributed by atoms with Crippen molar-refractivity contribution in [3.63, 3.8) is 0 Å². The normalized spacial score (nSPS) is 26.1. The van der Waals surface area contributed by atoms with Gasteiger partial charge in [-0.05, 0) is 49.6 Å². The molecule has 0 saturated carbocycles. The number of amides is 3. The van der Waals surface area contributed by atoms with E-state index in [1.807, 2.05) is 56.4 Å². The van der Waals surface area contributed by atoms with E-state index in [-0.39, 0.29) is 11.8 Å². The number of ether oxygens (including phenoxy) is 2. The highest BCUT2D eigenvalue weighted by molar-refractivity contribution is 6.26. The minimum Gasteiger partial charge on any atom is -0.486 e. The van der Waals surface area contributed by atoms with Gasteiger partial charge in [-0.2, -0.15) is 0 Å². The lowest BCUT2D eigenvalue weighted by molar-refractivity contribution is -0.130. The molecule has 4 aromatic rings. The number of aromatic amines is 1. The zero-order valence-corrected chi connectivity index (χ0v) is 22.6. The summed E-state index contributed by atoms with van der Waals surface area (Å²) < 4.78 is 11.4. The van der Waals surface area contributed by atoms with Crippen molar-refractivity contribution in [3.05, 3.63) is 83.0 Å². The number of H-pyrrole nitrogens is 1. The summed E-state index contributed by atoms with van der Waals surface area (Å²) in [4.78, 5) is 47.3. The third-order valence-electron chi connectivity index (χ3n) is 9.06. The maximum Gasteiger partial charge on any atom is 0.250 e. The smallest absolute Gasteiger partial charge is 0.250 e. The molecule has 2 fully saturated rings. The Balaban J connectivity index is 1.28. The van der Waals surface area contributed by atoms with Crippen LogP contribution in [0.2, 0.25) is 0 Å². The molecule has 3 aromatic carbocycles. The molecule has 1 aromatic heterocycles. The van der Waals surface area contributed by atoms with Gasteiger partial charge < -0.3 is 19.8 Å². The Morgan fingerprint density at radius 3 is 2.61 bits per heavy atom. The van der Waals surface area contributed by atoms with Crippen molar-refractivity contribution >= 4 is 40.0 Å². The van der Waals surface area contributed by atoms with E-state index < -0.39 is 29.3 Å². The summed E-state index contributed by atoms with van der Waals surface area (Å²) in [6, 6.07) is 16.6. The van der Waals surface area contributed by atoms with Crippen LogP contribution < -0.4 is 25.0 Å². The van der Waals surface area contributed by atoms with Gasteiger partial charge in [0.25, 0.3) is 0 Å². The number of hydrogen-bond acceptors (Lipinski definition) is 6. The van der Waals surface area contributed by atoms with E-state index in [4.69, 9.17) is 9.47 Å². The number of rotatable bonds is 3. The average Bonchev–Trinajstić information content (AvgIpc) is 3.68. The summed E-state index contributed by atoms with van der Waals surface area (Å²) in [5.74, 6) is -1.62. The number of carbonyl (C=O) groups is 3. The minimum atomic E-state index is -1.37. The second-order valence-corrected chi connectivity index (χ2v) is 11.4. The molecule has 4 aliphatic heterocycles. The van der Waals surface area contributed by atoms with Crippen LogP contribution in [-0.4, -0.2) is 42.0 Å². The highest BCUT2D eigenvalue weighted by Gasteiger charge is 2.70. The van der Waals surface area contributed by atoms with Gasteiger partial charge >= 0.3 is 0 Å².